The van der Waals surface area contributed by atoms with E-state index in [2.05, 4.69) is 12.2 Å². The van der Waals surface area contributed by atoms with E-state index in [1.807, 2.05) is 6.92 Å². The SMILES string of the molecule is C[C@H]1C[C@@](C)(Oc2ccc(C(F)(F)F)cc2)CCN1.O=C(O)C(F)(F)F. The van der Waals surface area contributed by atoms with Crippen molar-refractivity contribution in [2.45, 2.75) is 50.7 Å². The third kappa shape index (κ3) is 7.11. The van der Waals surface area contributed by atoms with Crippen LogP contribution in [0.25, 0.3) is 0 Å². The van der Waals surface area contributed by atoms with Crippen LogP contribution in [-0.2, 0) is 11.0 Å². The molecule has 1 aromatic carbocycles. The fourth-order valence-corrected chi connectivity index (χ4v) is 2.49. The molecule has 1 fully saturated rings. The quantitative estimate of drug-likeness (QED) is 0.745. The van der Waals surface area contributed by atoms with Crippen LogP contribution in [0.1, 0.15) is 32.3 Å². The summed E-state index contributed by atoms with van der Waals surface area (Å²) in [5, 5.41) is 10.4. The maximum Gasteiger partial charge on any atom is 0.490 e. The zero-order valence-electron chi connectivity index (χ0n) is 14.0. The Bertz CT molecular complexity index is 599. The van der Waals surface area contributed by atoms with Crippen molar-refractivity contribution >= 4 is 5.97 Å². The summed E-state index contributed by atoms with van der Waals surface area (Å²) < 4.78 is 75.0. The van der Waals surface area contributed by atoms with Crippen molar-refractivity contribution in [1.82, 2.24) is 5.32 Å². The fourth-order valence-electron chi connectivity index (χ4n) is 2.49. The molecule has 2 N–H and O–H groups in total. The topological polar surface area (TPSA) is 58.6 Å². The number of halogens is 6. The molecule has 148 valence electrons. The van der Waals surface area contributed by atoms with Gasteiger partial charge in [0.25, 0.3) is 0 Å². The third-order valence-electron chi connectivity index (χ3n) is 3.67. The van der Waals surface area contributed by atoms with Crippen LogP contribution in [0.5, 0.6) is 5.75 Å². The second kappa shape index (κ2) is 8.15. The second-order valence-electron chi connectivity index (χ2n) is 6.19. The van der Waals surface area contributed by atoms with Gasteiger partial charge in [-0.2, -0.15) is 26.3 Å². The number of piperidine rings is 1. The van der Waals surface area contributed by atoms with Crippen molar-refractivity contribution < 1.29 is 41.0 Å². The number of hydrogen-bond acceptors (Lipinski definition) is 3. The first-order valence-electron chi connectivity index (χ1n) is 7.63. The minimum Gasteiger partial charge on any atom is -0.487 e. The maximum atomic E-state index is 12.5. The Hall–Kier alpha value is -1.97. The molecule has 4 nitrogen and oxygen atoms in total. The molecule has 0 spiro atoms. The summed E-state index contributed by atoms with van der Waals surface area (Å²) in [4.78, 5) is 8.90. The molecule has 0 amide bonds. The Kier molecular flexibility index (Phi) is 6.92. The summed E-state index contributed by atoms with van der Waals surface area (Å²) in [7, 11) is 0. The van der Waals surface area contributed by atoms with Gasteiger partial charge in [-0.15, -0.1) is 0 Å². The standard InChI is InChI=1S/C14H18F3NO.C2HF3O2/c1-10-9-13(2,7-8-18-10)19-12-5-3-11(4-6-12)14(15,16)17;3-2(4,5)1(6)7/h3-6,10,18H,7-9H2,1-2H3;(H,6,7)/t10-,13-;/m0./s1. The van der Waals surface area contributed by atoms with Crippen molar-refractivity contribution in [3.05, 3.63) is 29.8 Å². The van der Waals surface area contributed by atoms with Gasteiger partial charge in [-0.05, 0) is 51.1 Å². The van der Waals surface area contributed by atoms with Crippen LogP contribution in [0.15, 0.2) is 24.3 Å². The number of ether oxygens (including phenoxy) is 1. The van der Waals surface area contributed by atoms with Gasteiger partial charge in [-0.1, -0.05) is 0 Å². The highest BCUT2D eigenvalue weighted by molar-refractivity contribution is 5.73. The molecule has 2 atom stereocenters. The Balaban J connectivity index is 0.000000412. The van der Waals surface area contributed by atoms with Crippen LogP contribution in [0.2, 0.25) is 0 Å². The monoisotopic (exact) mass is 387 g/mol. The fraction of sp³-hybridized carbons (Fsp3) is 0.562. The van der Waals surface area contributed by atoms with Crippen molar-refractivity contribution in [2.24, 2.45) is 0 Å². The summed E-state index contributed by atoms with van der Waals surface area (Å²) in [6.07, 6.45) is -7.70. The van der Waals surface area contributed by atoms with Crippen LogP contribution in [0.4, 0.5) is 26.3 Å². The molecule has 0 saturated carbocycles. The van der Waals surface area contributed by atoms with Gasteiger partial charge >= 0.3 is 18.3 Å². The number of carboxylic acid groups (broad SMARTS) is 1. The maximum absolute atomic E-state index is 12.5. The van der Waals surface area contributed by atoms with E-state index in [0.29, 0.717) is 11.8 Å². The first-order chi connectivity index (χ1) is 11.7. The summed E-state index contributed by atoms with van der Waals surface area (Å²) >= 11 is 0. The summed E-state index contributed by atoms with van der Waals surface area (Å²) in [5.74, 6) is -2.27. The molecule has 1 aliphatic heterocycles. The molecule has 1 saturated heterocycles. The highest BCUT2D eigenvalue weighted by Crippen LogP contribution is 2.32. The molecular weight excluding hydrogens is 368 g/mol. The Morgan fingerprint density at radius 1 is 1.19 bits per heavy atom. The van der Waals surface area contributed by atoms with Crippen molar-refractivity contribution in [3.8, 4) is 5.75 Å². The van der Waals surface area contributed by atoms with Crippen LogP contribution in [-0.4, -0.2) is 35.4 Å². The molecular formula is C16H19F6NO3. The van der Waals surface area contributed by atoms with E-state index in [9.17, 15) is 26.3 Å². The van der Waals surface area contributed by atoms with E-state index in [4.69, 9.17) is 14.6 Å². The van der Waals surface area contributed by atoms with E-state index >= 15 is 0 Å². The summed E-state index contributed by atoms with van der Waals surface area (Å²) in [6.45, 7) is 4.94. The van der Waals surface area contributed by atoms with Gasteiger partial charge in [0.1, 0.15) is 11.4 Å². The molecule has 10 heteroatoms. The van der Waals surface area contributed by atoms with Crippen molar-refractivity contribution in [2.75, 3.05) is 6.54 Å². The molecule has 0 aliphatic carbocycles. The highest BCUT2D eigenvalue weighted by Gasteiger charge is 2.38. The molecule has 26 heavy (non-hydrogen) atoms. The van der Waals surface area contributed by atoms with E-state index < -0.39 is 23.9 Å². The minimum atomic E-state index is -5.08. The second-order valence-corrected chi connectivity index (χ2v) is 6.19. The van der Waals surface area contributed by atoms with Crippen molar-refractivity contribution in [3.63, 3.8) is 0 Å². The van der Waals surface area contributed by atoms with Crippen LogP contribution in [0, 0.1) is 0 Å². The molecule has 2 rings (SSSR count). The molecule has 0 unspecified atom stereocenters. The first-order valence-corrected chi connectivity index (χ1v) is 7.63. The lowest BCUT2D eigenvalue weighted by atomic mass is 9.90. The lowest BCUT2D eigenvalue weighted by Crippen LogP contribution is -2.48. The predicted octanol–water partition coefficient (Wildman–Crippen LogP) is 4.25. The largest absolute Gasteiger partial charge is 0.490 e. The van der Waals surface area contributed by atoms with Gasteiger partial charge in [0.05, 0.1) is 5.56 Å². The van der Waals surface area contributed by atoms with Crippen LogP contribution in [0.3, 0.4) is 0 Å². The summed E-state index contributed by atoms with van der Waals surface area (Å²) in [6, 6.07) is 5.25. The van der Waals surface area contributed by atoms with Gasteiger partial charge in [0.15, 0.2) is 0 Å². The third-order valence-corrected chi connectivity index (χ3v) is 3.67. The lowest BCUT2D eigenvalue weighted by molar-refractivity contribution is -0.192. The first kappa shape index (κ1) is 22.1. The Labute approximate surface area is 146 Å². The zero-order chi connectivity index (χ0) is 20.2. The summed E-state index contributed by atoms with van der Waals surface area (Å²) in [5.41, 5.74) is -0.964. The molecule has 0 aromatic heterocycles. The van der Waals surface area contributed by atoms with E-state index in [0.717, 1.165) is 31.5 Å². The number of alkyl halides is 6. The molecule has 1 heterocycles. The number of hydrogen-bond donors (Lipinski definition) is 2. The predicted molar refractivity (Wildman–Crippen MR) is 80.9 cm³/mol. The number of carboxylic acids is 1. The molecule has 0 bridgehead atoms. The minimum absolute atomic E-state index is 0.315. The van der Waals surface area contributed by atoms with Gasteiger partial charge < -0.3 is 15.2 Å². The highest BCUT2D eigenvalue weighted by atomic mass is 19.4. The zero-order valence-corrected chi connectivity index (χ0v) is 14.0. The van der Waals surface area contributed by atoms with Gasteiger partial charge in [0, 0.05) is 12.5 Å². The van der Waals surface area contributed by atoms with Gasteiger partial charge in [-0.25, -0.2) is 4.79 Å². The number of benzene rings is 1. The number of carbonyl (C=O) groups is 1. The van der Waals surface area contributed by atoms with Gasteiger partial charge in [0.2, 0.25) is 0 Å². The number of aliphatic carboxylic acids is 1. The van der Waals surface area contributed by atoms with E-state index in [1.165, 1.54) is 12.1 Å². The molecule has 0 radical (unpaired) electrons. The van der Waals surface area contributed by atoms with Crippen LogP contribution < -0.4 is 10.1 Å². The number of nitrogens with one attached hydrogen (secondary N) is 1. The Morgan fingerprint density at radius 3 is 2.08 bits per heavy atom. The Morgan fingerprint density at radius 2 is 1.69 bits per heavy atom. The van der Waals surface area contributed by atoms with Gasteiger partial charge in [-0.3, -0.25) is 0 Å². The average Bonchev–Trinajstić information content (AvgIpc) is 2.45. The average molecular weight is 387 g/mol. The van der Waals surface area contributed by atoms with Crippen LogP contribution >= 0.6 is 0 Å². The molecule has 1 aromatic rings. The smallest absolute Gasteiger partial charge is 0.487 e. The van der Waals surface area contributed by atoms with E-state index in [1.54, 1.807) is 0 Å². The normalized spacial score (nSPS) is 23.6. The number of rotatable bonds is 2. The lowest BCUT2D eigenvalue weighted by Gasteiger charge is -2.38. The van der Waals surface area contributed by atoms with Crippen molar-refractivity contribution in [1.29, 1.82) is 0 Å². The molecule has 1 aliphatic rings. The van der Waals surface area contributed by atoms with E-state index in [-0.39, 0.29) is 5.60 Å².